The Hall–Kier alpha value is -2.34. The minimum Gasteiger partial charge on any atom is -0.428 e. The summed E-state index contributed by atoms with van der Waals surface area (Å²) < 4.78 is 47.0. The van der Waals surface area contributed by atoms with E-state index in [4.69, 9.17) is 4.74 Å². The first kappa shape index (κ1) is 17.5. The zero-order chi connectivity index (χ0) is 18.6. The van der Waals surface area contributed by atoms with Gasteiger partial charge in [0.15, 0.2) is 0 Å². The van der Waals surface area contributed by atoms with Crippen molar-refractivity contribution >= 4 is 6.47 Å². The minimum absolute atomic E-state index is 0.0695. The van der Waals surface area contributed by atoms with Crippen molar-refractivity contribution in [2.45, 2.75) is 39.0 Å². The van der Waals surface area contributed by atoms with Crippen molar-refractivity contribution in [3.8, 4) is 16.9 Å². The number of hydrogen-bond acceptors (Lipinski definition) is 3. The molecular formula is C19H17F3O3. The summed E-state index contributed by atoms with van der Waals surface area (Å²) >= 11 is 0. The van der Waals surface area contributed by atoms with E-state index in [9.17, 15) is 23.1 Å². The van der Waals surface area contributed by atoms with Crippen molar-refractivity contribution in [1.29, 1.82) is 0 Å². The maximum Gasteiger partial charge on any atom is 0.425 e. The fourth-order valence-corrected chi connectivity index (χ4v) is 3.94. The SMILES string of the molecule is CCc1c(C)c(OC=O)c2c(c1C)C(O)(C(F)(F)F)c1ccccc1-2. The van der Waals surface area contributed by atoms with Gasteiger partial charge in [0, 0.05) is 16.7 Å². The molecule has 0 saturated heterocycles. The predicted octanol–water partition coefficient (Wildman–Crippen LogP) is 4.18. The second-order valence-corrected chi connectivity index (χ2v) is 6.13. The van der Waals surface area contributed by atoms with Crippen LogP contribution < -0.4 is 4.74 Å². The molecule has 3 rings (SSSR count). The molecule has 1 unspecified atom stereocenters. The number of ether oxygens (including phenoxy) is 1. The van der Waals surface area contributed by atoms with Crippen LogP contribution in [0.4, 0.5) is 13.2 Å². The Labute approximate surface area is 143 Å². The van der Waals surface area contributed by atoms with Gasteiger partial charge >= 0.3 is 6.18 Å². The van der Waals surface area contributed by atoms with Crippen LogP contribution in [0.25, 0.3) is 11.1 Å². The van der Waals surface area contributed by atoms with Crippen LogP contribution in [0.15, 0.2) is 24.3 Å². The van der Waals surface area contributed by atoms with Crippen molar-refractivity contribution in [3.63, 3.8) is 0 Å². The summed E-state index contributed by atoms with van der Waals surface area (Å²) in [5.74, 6) is 0.0695. The molecule has 0 amide bonds. The number of hydrogen-bond donors (Lipinski definition) is 1. The Kier molecular flexibility index (Phi) is 3.91. The third kappa shape index (κ3) is 2.13. The zero-order valence-corrected chi connectivity index (χ0v) is 14.0. The largest absolute Gasteiger partial charge is 0.428 e. The Morgan fingerprint density at radius 1 is 1.20 bits per heavy atom. The van der Waals surface area contributed by atoms with Gasteiger partial charge in [-0.1, -0.05) is 31.2 Å². The third-order valence-corrected chi connectivity index (χ3v) is 4.98. The smallest absolute Gasteiger partial charge is 0.425 e. The summed E-state index contributed by atoms with van der Waals surface area (Å²) in [4.78, 5) is 11.0. The molecule has 0 heterocycles. The second kappa shape index (κ2) is 5.59. The molecule has 6 heteroatoms. The number of aliphatic hydroxyl groups is 1. The van der Waals surface area contributed by atoms with E-state index in [-0.39, 0.29) is 34.5 Å². The molecule has 1 atom stereocenters. The van der Waals surface area contributed by atoms with Crippen LogP contribution in [-0.4, -0.2) is 17.8 Å². The fraction of sp³-hybridized carbons (Fsp3) is 0.316. The molecule has 2 aromatic carbocycles. The zero-order valence-electron chi connectivity index (χ0n) is 14.0. The van der Waals surface area contributed by atoms with Gasteiger partial charge in [0.25, 0.3) is 6.47 Å². The van der Waals surface area contributed by atoms with Gasteiger partial charge in [-0.3, -0.25) is 4.79 Å². The van der Waals surface area contributed by atoms with Crippen molar-refractivity contribution in [3.05, 3.63) is 52.1 Å². The first-order valence-corrected chi connectivity index (χ1v) is 7.85. The molecule has 0 radical (unpaired) electrons. The summed E-state index contributed by atoms with van der Waals surface area (Å²) in [6.45, 7) is 5.28. The highest BCUT2D eigenvalue weighted by Crippen LogP contribution is 2.59. The quantitative estimate of drug-likeness (QED) is 0.845. The summed E-state index contributed by atoms with van der Waals surface area (Å²) in [6.07, 6.45) is -4.47. The van der Waals surface area contributed by atoms with Crippen LogP contribution in [0.3, 0.4) is 0 Å². The summed E-state index contributed by atoms with van der Waals surface area (Å²) in [5.41, 5.74) is -1.67. The molecule has 0 aliphatic heterocycles. The number of halogens is 3. The number of alkyl halides is 3. The molecule has 0 aromatic heterocycles. The lowest BCUT2D eigenvalue weighted by molar-refractivity contribution is -0.247. The van der Waals surface area contributed by atoms with Crippen molar-refractivity contribution in [2.75, 3.05) is 0 Å². The molecule has 0 spiro atoms. The molecule has 1 aliphatic carbocycles. The Morgan fingerprint density at radius 3 is 2.40 bits per heavy atom. The molecule has 25 heavy (non-hydrogen) atoms. The number of carbonyl (C=O) groups is 1. The average Bonchev–Trinajstić information content (AvgIpc) is 2.83. The lowest BCUT2D eigenvalue weighted by Crippen LogP contribution is -2.42. The number of carbonyl (C=O) groups excluding carboxylic acids is 1. The maximum atomic E-state index is 14.0. The number of rotatable bonds is 3. The van der Waals surface area contributed by atoms with Crippen molar-refractivity contribution in [2.24, 2.45) is 0 Å². The molecule has 0 saturated carbocycles. The van der Waals surface area contributed by atoms with Gasteiger partial charge in [0.05, 0.1) is 0 Å². The Morgan fingerprint density at radius 2 is 1.84 bits per heavy atom. The fourth-order valence-electron chi connectivity index (χ4n) is 3.94. The van der Waals surface area contributed by atoms with Crippen molar-refractivity contribution < 1.29 is 27.8 Å². The summed E-state index contributed by atoms with van der Waals surface area (Å²) in [7, 11) is 0. The summed E-state index contributed by atoms with van der Waals surface area (Å²) in [5, 5.41) is 10.8. The summed E-state index contributed by atoms with van der Waals surface area (Å²) in [6, 6.07) is 5.80. The van der Waals surface area contributed by atoms with Crippen molar-refractivity contribution in [1.82, 2.24) is 0 Å². The average molecular weight is 350 g/mol. The first-order chi connectivity index (χ1) is 11.7. The monoisotopic (exact) mass is 350 g/mol. The van der Waals surface area contributed by atoms with Crippen LogP contribution in [0.2, 0.25) is 0 Å². The highest BCUT2D eigenvalue weighted by Gasteiger charge is 2.62. The molecular weight excluding hydrogens is 333 g/mol. The maximum absolute atomic E-state index is 14.0. The van der Waals surface area contributed by atoms with Gasteiger partial charge in [-0.05, 0) is 42.5 Å². The highest BCUT2D eigenvalue weighted by molar-refractivity contribution is 5.88. The molecule has 0 bridgehead atoms. The Bertz CT molecular complexity index is 871. The standard InChI is InChI=1S/C19H17F3O3/c1-4-12-10(2)16-15(17(11(12)3)25-9-23)13-7-5-6-8-14(13)18(16,24)19(20,21)22/h5-9,24H,4H2,1-3H3. The normalized spacial score (nSPS) is 18.7. The number of benzene rings is 2. The van der Waals surface area contributed by atoms with E-state index in [2.05, 4.69) is 0 Å². The molecule has 3 nitrogen and oxygen atoms in total. The van der Waals surface area contributed by atoms with Gasteiger partial charge < -0.3 is 9.84 Å². The lowest BCUT2D eigenvalue weighted by atomic mass is 9.83. The lowest BCUT2D eigenvalue weighted by Gasteiger charge is -2.31. The molecule has 2 aromatic rings. The molecule has 0 fully saturated rings. The van der Waals surface area contributed by atoms with Crippen LogP contribution in [0.1, 0.15) is 34.7 Å². The van der Waals surface area contributed by atoms with Crippen LogP contribution in [0.5, 0.6) is 5.75 Å². The first-order valence-electron chi connectivity index (χ1n) is 7.85. The van der Waals surface area contributed by atoms with Gasteiger partial charge in [0.2, 0.25) is 5.60 Å². The van der Waals surface area contributed by atoms with E-state index in [1.54, 1.807) is 26.8 Å². The van der Waals surface area contributed by atoms with Gasteiger partial charge in [0.1, 0.15) is 5.75 Å². The van der Waals surface area contributed by atoms with Gasteiger partial charge in [-0.2, -0.15) is 13.2 Å². The van der Waals surface area contributed by atoms with Crippen LogP contribution in [-0.2, 0) is 16.8 Å². The minimum atomic E-state index is -4.92. The van der Waals surface area contributed by atoms with Gasteiger partial charge in [-0.15, -0.1) is 0 Å². The van der Waals surface area contributed by atoms with E-state index in [0.29, 0.717) is 23.1 Å². The molecule has 132 valence electrons. The molecule has 1 aliphatic rings. The van der Waals surface area contributed by atoms with E-state index in [1.807, 2.05) is 0 Å². The van der Waals surface area contributed by atoms with E-state index in [0.717, 1.165) is 0 Å². The Balaban J connectivity index is 2.56. The van der Waals surface area contributed by atoms with E-state index in [1.165, 1.54) is 18.2 Å². The highest BCUT2D eigenvalue weighted by atomic mass is 19.4. The second-order valence-electron chi connectivity index (χ2n) is 6.13. The van der Waals surface area contributed by atoms with Gasteiger partial charge in [-0.25, -0.2) is 0 Å². The predicted molar refractivity (Wildman–Crippen MR) is 86.5 cm³/mol. The van der Waals surface area contributed by atoms with Crippen LogP contribution >= 0.6 is 0 Å². The topological polar surface area (TPSA) is 46.5 Å². The van der Waals surface area contributed by atoms with E-state index < -0.39 is 11.8 Å². The van der Waals surface area contributed by atoms with Crippen LogP contribution in [0, 0.1) is 13.8 Å². The third-order valence-electron chi connectivity index (χ3n) is 4.98. The number of fused-ring (bicyclic) bond motifs is 3. The molecule has 1 N–H and O–H groups in total. The van der Waals surface area contributed by atoms with E-state index >= 15 is 0 Å².